The summed E-state index contributed by atoms with van der Waals surface area (Å²) < 4.78 is 7.19. The number of carbonyl (C=O) groups excluding carboxylic acids is 1. The van der Waals surface area contributed by atoms with Crippen molar-refractivity contribution in [3.63, 3.8) is 0 Å². The second-order valence-corrected chi connectivity index (χ2v) is 7.92. The van der Waals surface area contributed by atoms with Crippen LogP contribution >= 0.6 is 12.4 Å². The van der Waals surface area contributed by atoms with Crippen molar-refractivity contribution in [2.24, 2.45) is 7.05 Å². The summed E-state index contributed by atoms with van der Waals surface area (Å²) in [4.78, 5) is 24.0. The lowest BCUT2D eigenvalue weighted by atomic mass is 9.79. The number of hydrogen-bond acceptors (Lipinski definition) is 6. The number of non-ortho nitro benzene ring substituents is 1. The van der Waals surface area contributed by atoms with E-state index in [1.807, 2.05) is 24.7 Å². The maximum Gasteiger partial charge on any atom is 0.336 e. The number of hydrogen-bond donors (Lipinski definition) is 1. The fourth-order valence-corrected chi connectivity index (χ4v) is 4.73. The van der Waals surface area contributed by atoms with Crippen LogP contribution in [0, 0.1) is 10.1 Å². The molecule has 8 nitrogen and oxygen atoms in total. The first-order chi connectivity index (χ1) is 14.4. The highest BCUT2D eigenvalue weighted by atomic mass is 35.5. The normalized spacial score (nSPS) is 18.2. The standard InChI is InChI=1S/C22H26N4O4.ClH/c1-4-30-22(27)17-13(2)23-21-19(20(24-25(21)3)14-8-5-6-9-14)18(17)15-10-7-11-16(12-15)26(28)29;/h7,10-12,14,18,23H,4-6,8-9H2,1-3H3;1H. The van der Waals surface area contributed by atoms with E-state index in [2.05, 4.69) is 5.32 Å². The molecule has 2 aliphatic rings. The van der Waals surface area contributed by atoms with Crippen LogP contribution < -0.4 is 5.32 Å². The molecule has 9 heteroatoms. The first-order valence-electron chi connectivity index (χ1n) is 10.4. The van der Waals surface area contributed by atoms with Crippen LogP contribution in [0.3, 0.4) is 0 Å². The number of aromatic nitrogens is 2. The highest BCUT2D eigenvalue weighted by molar-refractivity contribution is 5.94. The van der Waals surface area contributed by atoms with Crippen molar-refractivity contribution in [2.75, 3.05) is 11.9 Å². The van der Waals surface area contributed by atoms with Gasteiger partial charge >= 0.3 is 5.97 Å². The zero-order valence-corrected chi connectivity index (χ0v) is 18.7. The lowest BCUT2D eigenvalue weighted by Gasteiger charge is -2.29. The Balaban J connectivity index is 0.00000272. The first kappa shape index (κ1) is 22.8. The first-order valence-corrected chi connectivity index (χ1v) is 10.4. The molecule has 31 heavy (non-hydrogen) atoms. The van der Waals surface area contributed by atoms with Crippen molar-refractivity contribution in [3.8, 4) is 0 Å². The molecule has 0 bridgehead atoms. The van der Waals surface area contributed by atoms with Crippen molar-refractivity contribution >= 4 is 29.9 Å². The van der Waals surface area contributed by atoms with Crippen molar-refractivity contribution in [1.82, 2.24) is 9.78 Å². The second kappa shape index (κ2) is 9.09. The third kappa shape index (κ3) is 4.04. The highest BCUT2D eigenvalue weighted by Gasteiger charge is 2.39. The largest absolute Gasteiger partial charge is 0.463 e. The lowest BCUT2D eigenvalue weighted by molar-refractivity contribution is -0.384. The van der Waals surface area contributed by atoms with Gasteiger partial charge in [0.05, 0.1) is 22.8 Å². The third-order valence-corrected chi connectivity index (χ3v) is 6.05. The molecule has 0 spiro atoms. The summed E-state index contributed by atoms with van der Waals surface area (Å²) >= 11 is 0. The number of nitro benzene ring substituents is 1. The van der Waals surface area contributed by atoms with Gasteiger partial charge < -0.3 is 10.1 Å². The molecule has 1 aromatic carbocycles. The minimum absolute atomic E-state index is 0. The Morgan fingerprint density at radius 2 is 2.06 bits per heavy atom. The SMILES string of the molecule is CCOC(=O)C1=C(C)Nc2c(c(C3CCCC3)nn2C)C1c1cccc([N+](=O)[O-])c1.Cl. The molecule has 2 aromatic rings. The Morgan fingerprint density at radius 3 is 2.71 bits per heavy atom. The van der Waals surface area contributed by atoms with Crippen LogP contribution in [0.5, 0.6) is 0 Å². The molecule has 1 N–H and O–H groups in total. The number of nitrogens with zero attached hydrogens (tertiary/aromatic N) is 3. The van der Waals surface area contributed by atoms with Gasteiger partial charge in [0.2, 0.25) is 0 Å². The summed E-state index contributed by atoms with van der Waals surface area (Å²) in [5.41, 5.74) is 3.76. The van der Waals surface area contributed by atoms with Gasteiger partial charge in [0, 0.05) is 42.3 Å². The molecule has 1 atom stereocenters. The molecule has 1 unspecified atom stereocenters. The van der Waals surface area contributed by atoms with E-state index in [1.54, 1.807) is 19.1 Å². The topological polar surface area (TPSA) is 99.3 Å². The van der Waals surface area contributed by atoms with Crippen molar-refractivity contribution in [1.29, 1.82) is 0 Å². The Hall–Kier alpha value is -2.87. The number of nitro groups is 1. The maximum absolute atomic E-state index is 13.0. The molecule has 0 radical (unpaired) electrons. The van der Waals surface area contributed by atoms with Gasteiger partial charge in [0.25, 0.3) is 5.69 Å². The number of allylic oxidation sites excluding steroid dienone is 1. The average molecular weight is 447 g/mol. The minimum atomic E-state index is -0.468. The number of ether oxygens (including phenoxy) is 1. The van der Waals surface area contributed by atoms with Gasteiger partial charge in [-0.1, -0.05) is 25.0 Å². The van der Waals surface area contributed by atoms with E-state index in [1.165, 1.54) is 6.07 Å². The van der Waals surface area contributed by atoms with Crippen molar-refractivity contribution < 1.29 is 14.5 Å². The van der Waals surface area contributed by atoms with E-state index in [-0.39, 0.29) is 24.7 Å². The van der Waals surface area contributed by atoms with Gasteiger partial charge in [-0.25, -0.2) is 4.79 Å². The smallest absolute Gasteiger partial charge is 0.336 e. The number of benzene rings is 1. The molecule has 2 heterocycles. The number of halogens is 1. The Bertz CT molecular complexity index is 1040. The van der Waals surface area contributed by atoms with Crippen LogP contribution in [-0.2, 0) is 16.6 Å². The number of carbonyl (C=O) groups is 1. The van der Waals surface area contributed by atoms with Gasteiger partial charge in [-0.15, -0.1) is 12.4 Å². The number of fused-ring (bicyclic) bond motifs is 1. The van der Waals surface area contributed by atoms with E-state index < -0.39 is 16.8 Å². The Labute approximate surface area is 187 Å². The second-order valence-electron chi connectivity index (χ2n) is 7.92. The van der Waals surface area contributed by atoms with Crippen molar-refractivity contribution in [2.45, 2.75) is 51.4 Å². The molecule has 0 amide bonds. The lowest BCUT2D eigenvalue weighted by Crippen LogP contribution is -2.25. The predicted octanol–water partition coefficient (Wildman–Crippen LogP) is 4.80. The molecular formula is C22H27ClN4O4. The van der Waals surface area contributed by atoms with Gasteiger partial charge in [-0.2, -0.15) is 5.10 Å². The molecule has 166 valence electrons. The summed E-state index contributed by atoms with van der Waals surface area (Å²) in [5.74, 6) is 0.277. The van der Waals surface area contributed by atoms with Gasteiger partial charge in [0.15, 0.2) is 0 Å². The molecule has 1 aliphatic carbocycles. The fourth-order valence-electron chi connectivity index (χ4n) is 4.73. The number of rotatable bonds is 5. The predicted molar refractivity (Wildman–Crippen MR) is 120 cm³/mol. The Morgan fingerprint density at radius 1 is 1.35 bits per heavy atom. The van der Waals surface area contributed by atoms with E-state index in [4.69, 9.17) is 9.84 Å². The summed E-state index contributed by atoms with van der Waals surface area (Å²) in [5, 5.41) is 19.6. The van der Waals surface area contributed by atoms with Crippen LogP contribution in [0.15, 0.2) is 35.5 Å². The number of nitrogens with one attached hydrogen (secondary N) is 1. The fraction of sp³-hybridized carbons (Fsp3) is 0.455. The quantitative estimate of drug-likeness (QED) is 0.402. The van der Waals surface area contributed by atoms with E-state index in [0.29, 0.717) is 22.8 Å². The molecular weight excluding hydrogens is 420 g/mol. The van der Waals surface area contributed by atoms with Gasteiger partial charge in [0.1, 0.15) is 5.82 Å². The molecule has 0 saturated heterocycles. The third-order valence-electron chi connectivity index (χ3n) is 6.05. The van der Waals surface area contributed by atoms with E-state index >= 15 is 0 Å². The molecule has 1 aliphatic heterocycles. The van der Waals surface area contributed by atoms with E-state index in [9.17, 15) is 14.9 Å². The zero-order chi connectivity index (χ0) is 21.4. The van der Waals surface area contributed by atoms with Crippen LogP contribution in [0.25, 0.3) is 0 Å². The van der Waals surface area contributed by atoms with Crippen LogP contribution in [0.1, 0.15) is 68.2 Å². The monoisotopic (exact) mass is 446 g/mol. The molecule has 4 rings (SSSR count). The van der Waals surface area contributed by atoms with Crippen molar-refractivity contribution in [3.05, 3.63) is 62.5 Å². The van der Waals surface area contributed by atoms with E-state index in [0.717, 1.165) is 42.8 Å². The Kier molecular flexibility index (Phi) is 6.69. The molecule has 1 saturated carbocycles. The van der Waals surface area contributed by atoms with Crippen LogP contribution in [0.4, 0.5) is 11.5 Å². The molecule has 1 aromatic heterocycles. The van der Waals surface area contributed by atoms with Crippen LogP contribution in [-0.4, -0.2) is 27.3 Å². The summed E-state index contributed by atoms with van der Waals surface area (Å²) in [7, 11) is 1.89. The summed E-state index contributed by atoms with van der Waals surface area (Å²) in [6.45, 7) is 3.86. The van der Waals surface area contributed by atoms with Crippen LogP contribution in [0.2, 0.25) is 0 Å². The summed E-state index contributed by atoms with van der Waals surface area (Å²) in [6.07, 6.45) is 4.43. The zero-order valence-electron chi connectivity index (χ0n) is 17.9. The highest BCUT2D eigenvalue weighted by Crippen LogP contribution is 2.48. The number of anilines is 1. The summed E-state index contributed by atoms with van der Waals surface area (Å²) in [6, 6.07) is 6.52. The van der Waals surface area contributed by atoms with Gasteiger partial charge in [-0.3, -0.25) is 14.8 Å². The average Bonchev–Trinajstić information content (AvgIpc) is 3.36. The maximum atomic E-state index is 13.0. The number of esters is 1. The molecule has 1 fully saturated rings. The van der Waals surface area contributed by atoms with Gasteiger partial charge in [-0.05, 0) is 32.3 Å². The minimum Gasteiger partial charge on any atom is -0.463 e. The number of aryl methyl sites for hydroxylation is 1.